The van der Waals surface area contributed by atoms with Crippen LogP contribution in [0.15, 0.2) is 0 Å². The third kappa shape index (κ3) is 6.75. The second-order valence-corrected chi connectivity index (χ2v) is 4.99. The van der Waals surface area contributed by atoms with Crippen molar-refractivity contribution < 1.29 is 0 Å². The summed E-state index contributed by atoms with van der Waals surface area (Å²) in [7, 11) is 2.86. The first kappa shape index (κ1) is 12.4. The van der Waals surface area contributed by atoms with E-state index in [1.165, 1.54) is 71.1 Å². The molecule has 0 radical (unpaired) electrons. The molecular formula is C11H25N2P. The van der Waals surface area contributed by atoms with Crippen molar-refractivity contribution in [3.05, 3.63) is 0 Å². The lowest BCUT2D eigenvalue weighted by molar-refractivity contribution is 0.431. The zero-order valence-corrected chi connectivity index (χ0v) is 10.5. The molecule has 0 bridgehead atoms. The average molecular weight is 216 g/mol. The van der Waals surface area contributed by atoms with Gasteiger partial charge in [-0.1, -0.05) is 28.7 Å². The summed E-state index contributed by atoms with van der Waals surface area (Å²) < 4.78 is 2.41. The SMILES string of the molecule is PN1CCCCCCNCCCCC1. The first-order chi connectivity index (χ1) is 6.89. The average Bonchev–Trinajstić information content (AvgIpc) is 2.20. The van der Waals surface area contributed by atoms with Crippen LogP contribution in [0.3, 0.4) is 0 Å². The Morgan fingerprint density at radius 1 is 0.714 bits per heavy atom. The van der Waals surface area contributed by atoms with E-state index >= 15 is 0 Å². The van der Waals surface area contributed by atoms with Crippen molar-refractivity contribution in [2.24, 2.45) is 0 Å². The number of hydrogen-bond donors (Lipinski definition) is 1. The summed E-state index contributed by atoms with van der Waals surface area (Å²) in [4.78, 5) is 0. The van der Waals surface area contributed by atoms with Crippen molar-refractivity contribution in [3.8, 4) is 0 Å². The van der Waals surface area contributed by atoms with E-state index in [0.29, 0.717) is 0 Å². The molecule has 0 aromatic carbocycles. The fourth-order valence-corrected chi connectivity index (χ4v) is 2.26. The van der Waals surface area contributed by atoms with E-state index in [0.717, 1.165) is 0 Å². The fraction of sp³-hybridized carbons (Fsp3) is 1.00. The highest BCUT2D eigenvalue weighted by Crippen LogP contribution is 2.08. The molecule has 2 nitrogen and oxygen atoms in total. The lowest BCUT2D eigenvalue weighted by Gasteiger charge is -2.15. The molecule has 14 heavy (non-hydrogen) atoms. The molecule has 0 aromatic rings. The summed E-state index contributed by atoms with van der Waals surface area (Å²) in [6.45, 7) is 4.96. The van der Waals surface area contributed by atoms with Crippen molar-refractivity contribution in [1.82, 2.24) is 9.99 Å². The van der Waals surface area contributed by atoms with Crippen molar-refractivity contribution in [3.63, 3.8) is 0 Å². The maximum Gasteiger partial charge on any atom is 0.00161 e. The van der Waals surface area contributed by atoms with Crippen LogP contribution in [0.25, 0.3) is 0 Å². The Bertz CT molecular complexity index is 116. The standard InChI is InChI=1S/C11H25N2P/c14-13-10-6-2-1-4-8-12-9-5-3-7-11-13/h12H,1-11,14H2. The lowest BCUT2D eigenvalue weighted by Crippen LogP contribution is -2.16. The Morgan fingerprint density at radius 2 is 1.21 bits per heavy atom. The Balaban J connectivity index is 2.12. The normalized spacial score (nSPS) is 24.6. The van der Waals surface area contributed by atoms with Gasteiger partial charge in [0.2, 0.25) is 0 Å². The van der Waals surface area contributed by atoms with Gasteiger partial charge in [0.1, 0.15) is 0 Å². The molecular weight excluding hydrogens is 191 g/mol. The zero-order valence-electron chi connectivity index (χ0n) is 9.30. The van der Waals surface area contributed by atoms with E-state index in [1.807, 2.05) is 0 Å². The van der Waals surface area contributed by atoms with Gasteiger partial charge in [0.05, 0.1) is 0 Å². The second kappa shape index (κ2) is 8.64. The van der Waals surface area contributed by atoms with Crippen LogP contribution in [0, 0.1) is 0 Å². The molecule has 1 fully saturated rings. The van der Waals surface area contributed by atoms with Gasteiger partial charge in [-0.2, -0.15) is 0 Å². The minimum Gasteiger partial charge on any atom is -0.317 e. The molecule has 1 aliphatic heterocycles. The quantitative estimate of drug-likeness (QED) is 0.626. The summed E-state index contributed by atoms with van der Waals surface area (Å²) in [6.07, 6.45) is 9.58. The maximum atomic E-state index is 3.52. The van der Waals surface area contributed by atoms with E-state index in [1.54, 1.807) is 0 Å². The van der Waals surface area contributed by atoms with Crippen molar-refractivity contribution in [2.45, 2.75) is 44.9 Å². The van der Waals surface area contributed by atoms with Gasteiger partial charge in [-0.3, -0.25) is 4.67 Å². The molecule has 1 heterocycles. The predicted molar refractivity (Wildman–Crippen MR) is 66.5 cm³/mol. The van der Waals surface area contributed by atoms with Crippen LogP contribution >= 0.6 is 9.39 Å². The van der Waals surface area contributed by atoms with Crippen LogP contribution in [0.5, 0.6) is 0 Å². The van der Waals surface area contributed by atoms with Crippen LogP contribution in [0.1, 0.15) is 44.9 Å². The highest BCUT2D eigenvalue weighted by atomic mass is 31.0. The van der Waals surface area contributed by atoms with E-state index < -0.39 is 0 Å². The first-order valence-electron chi connectivity index (χ1n) is 6.10. The van der Waals surface area contributed by atoms with Gasteiger partial charge in [-0.25, -0.2) is 0 Å². The number of rotatable bonds is 0. The smallest absolute Gasteiger partial charge is 0.00161 e. The Kier molecular flexibility index (Phi) is 7.67. The molecule has 1 aliphatic rings. The molecule has 0 aliphatic carbocycles. The van der Waals surface area contributed by atoms with E-state index in [9.17, 15) is 0 Å². The molecule has 0 aromatic heterocycles. The van der Waals surface area contributed by atoms with Crippen molar-refractivity contribution in [2.75, 3.05) is 26.2 Å². The Hall–Kier alpha value is 0.350. The highest BCUT2D eigenvalue weighted by molar-refractivity contribution is 7.13. The molecule has 1 atom stereocenters. The van der Waals surface area contributed by atoms with Gasteiger partial charge in [-0.15, -0.1) is 0 Å². The minimum atomic E-state index is 1.22. The van der Waals surface area contributed by atoms with Gasteiger partial charge >= 0.3 is 0 Å². The molecule has 1 rings (SSSR count). The van der Waals surface area contributed by atoms with Crippen LogP contribution in [-0.2, 0) is 0 Å². The fourth-order valence-electron chi connectivity index (χ4n) is 1.90. The lowest BCUT2D eigenvalue weighted by atomic mass is 10.2. The number of nitrogens with zero attached hydrogens (tertiary/aromatic N) is 1. The van der Waals surface area contributed by atoms with E-state index in [4.69, 9.17) is 0 Å². The van der Waals surface area contributed by atoms with Crippen LogP contribution in [0.2, 0.25) is 0 Å². The third-order valence-electron chi connectivity index (χ3n) is 2.85. The largest absolute Gasteiger partial charge is 0.317 e. The van der Waals surface area contributed by atoms with Crippen molar-refractivity contribution >= 4 is 9.39 Å². The van der Waals surface area contributed by atoms with Gasteiger partial charge in [0.25, 0.3) is 0 Å². The Labute approximate surface area is 91.1 Å². The summed E-state index contributed by atoms with van der Waals surface area (Å²) in [5.74, 6) is 0. The number of nitrogens with one attached hydrogen (secondary N) is 1. The van der Waals surface area contributed by atoms with Gasteiger partial charge in [0, 0.05) is 13.1 Å². The molecule has 84 valence electrons. The summed E-state index contributed by atoms with van der Waals surface area (Å²) in [5.41, 5.74) is 0. The van der Waals surface area contributed by atoms with E-state index in [-0.39, 0.29) is 0 Å². The molecule has 0 amide bonds. The second-order valence-electron chi connectivity index (χ2n) is 4.26. The first-order valence-corrected chi connectivity index (χ1v) is 6.61. The maximum absolute atomic E-state index is 3.52. The topological polar surface area (TPSA) is 15.3 Å². The van der Waals surface area contributed by atoms with E-state index in [2.05, 4.69) is 19.4 Å². The molecule has 1 unspecified atom stereocenters. The van der Waals surface area contributed by atoms with Crippen LogP contribution < -0.4 is 5.32 Å². The monoisotopic (exact) mass is 216 g/mol. The molecule has 1 N–H and O–H groups in total. The molecule has 3 heteroatoms. The number of hydrogen-bond acceptors (Lipinski definition) is 2. The zero-order chi connectivity index (χ0) is 10.1. The predicted octanol–water partition coefficient (Wildman–Crippen LogP) is 2.41. The van der Waals surface area contributed by atoms with Gasteiger partial charge < -0.3 is 5.32 Å². The summed E-state index contributed by atoms with van der Waals surface area (Å²) in [6, 6.07) is 0. The molecule has 0 saturated carbocycles. The minimum absolute atomic E-state index is 1.22. The van der Waals surface area contributed by atoms with Crippen LogP contribution in [-0.4, -0.2) is 30.8 Å². The van der Waals surface area contributed by atoms with Crippen LogP contribution in [0.4, 0.5) is 0 Å². The summed E-state index contributed by atoms with van der Waals surface area (Å²) in [5, 5.41) is 3.52. The molecule has 1 saturated heterocycles. The Morgan fingerprint density at radius 3 is 1.86 bits per heavy atom. The van der Waals surface area contributed by atoms with Gasteiger partial charge in [-0.05, 0) is 38.8 Å². The highest BCUT2D eigenvalue weighted by Gasteiger charge is 1.99. The molecule has 0 spiro atoms. The summed E-state index contributed by atoms with van der Waals surface area (Å²) >= 11 is 0. The van der Waals surface area contributed by atoms with Crippen molar-refractivity contribution in [1.29, 1.82) is 0 Å². The van der Waals surface area contributed by atoms with Gasteiger partial charge in [0.15, 0.2) is 0 Å². The third-order valence-corrected chi connectivity index (χ3v) is 3.36.